The summed E-state index contributed by atoms with van der Waals surface area (Å²) in [5.74, 6) is 0.580. The first kappa shape index (κ1) is 27.3. The Labute approximate surface area is 255 Å². The molecule has 1 saturated carbocycles. The maximum Gasteiger partial charge on any atom is 0.319 e. The van der Waals surface area contributed by atoms with Crippen molar-refractivity contribution in [2.75, 3.05) is 44.4 Å². The van der Waals surface area contributed by atoms with E-state index in [-0.39, 0.29) is 11.5 Å². The van der Waals surface area contributed by atoms with Crippen LogP contribution in [0.3, 0.4) is 0 Å². The molecule has 4 bridgehead atoms. The Morgan fingerprint density at radius 1 is 0.976 bits per heavy atom. The number of hydrogen-bond donors (Lipinski definition) is 1. The lowest BCUT2D eigenvalue weighted by Crippen LogP contribution is -2.51. The molecule has 5 fully saturated rings. The quantitative estimate of drug-likeness (QED) is 0.305. The van der Waals surface area contributed by atoms with E-state index in [2.05, 4.69) is 20.1 Å². The van der Waals surface area contributed by atoms with E-state index in [0.29, 0.717) is 63.5 Å². The minimum Gasteiger partial charge on any atom is -0.463 e. The van der Waals surface area contributed by atoms with Crippen LogP contribution in [-0.4, -0.2) is 78.5 Å². The molecule has 0 spiro atoms. The first-order valence-electron chi connectivity index (χ1n) is 15.5. The first-order chi connectivity index (χ1) is 20.5. The van der Waals surface area contributed by atoms with Crippen molar-refractivity contribution in [2.24, 2.45) is 0 Å². The maximum atomic E-state index is 16.7. The average Bonchev–Trinajstić information content (AvgIpc) is 3.73. The molecule has 0 radical (unpaired) electrons. The van der Waals surface area contributed by atoms with Gasteiger partial charge in [0.25, 0.3) is 0 Å². The van der Waals surface area contributed by atoms with Gasteiger partial charge in [0.15, 0.2) is 5.82 Å². The van der Waals surface area contributed by atoms with Gasteiger partial charge in [0.2, 0.25) is 0 Å². The normalized spacial score (nSPS) is 27.3. The second-order valence-corrected chi connectivity index (χ2v) is 13.5. The highest BCUT2D eigenvalue weighted by atomic mass is 35.5. The number of benzene rings is 2. The highest BCUT2D eigenvalue weighted by molar-refractivity contribution is 6.35. The summed E-state index contributed by atoms with van der Waals surface area (Å²) >= 11 is 13.5. The van der Waals surface area contributed by atoms with Crippen LogP contribution >= 0.6 is 23.2 Å². The van der Waals surface area contributed by atoms with Crippen LogP contribution in [0.15, 0.2) is 24.3 Å². The molecule has 7 nitrogen and oxygen atoms in total. The Balaban J connectivity index is 1.15. The van der Waals surface area contributed by atoms with E-state index in [1.54, 1.807) is 0 Å². The summed E-state index contributed by atoms with van der Waals surface area (Å²) in [4.78, 5) is 14.4. The van der Waals surface area contributed by atoms with Gasteiger partial charge in [0.05, 0.1) is 24.8 Å². The summed E-state index contributed by atoms with van der Waals surface area (Å²) in [5, 5.41) is 5.30. The average molecular weight is 613 g/mol. The van der Waals surface area contributed by atoms with Gasteiger partial charge in [-0.1, -0.05) is 35.3 Å². The molecule has 5 heterocycles. The zero-order valence-electron chi connectivity index (χ0n) is 23.6. The lowest BCUT2D eigenvalue weighted by atomic mass is 9.95. The summed E-state index contributed by atoms with van der Waals surface area (Å²) in [6.45, 7) is 4.68. The van der Waals surface area contributed by atoms with Gasteiger partial charge in [-0.3, -0.25) is 4.90 Å². The van der Waals surface area contributed by atoms with Crippen molar-refractivity contribution in [3.8, 4) is 17.1 Å². The van der Waals surface area contributed by atoms with Crippen LogP contribution in [-0.2, 0) is 4.74 Å². The number of ether oxygens (including phenoxy) is 2. The highest BCUT2D eigenvalue weighted by Crippen LogP contribution is 2.50. The lowest BCUT2D eigenvalue weighted by molar-refractivity contribution is -0.0161. The number of fused-ring (bicyclic) bond motifs is 5. The Hall–Kier alpha value is -2.23. The minimum absolute atomic E-state index is 0.217. The van der Waals surface area contributed by atoms with Gasteiger partial charge in [0, 0.05) is 59.8 Å². The van der Waals surface area contributed by atoms with Crippen LogP contribution in [0, 0.1) is 5.82 Å². The van der Waals surface area contributed by atoms with Crippen LogP contribution < -0.4 is 15.0 Å². The molecule has 1 aromatic heterocycles. The predicted octanol–water partition coefficient (Wildman–Crippen LogP) is 6.19. The fourth-order valence-corrected chi connectivity index (χ4v) is 8.34. The second-order valence-electron chi connectivity index (χ2n) is 12.7. The van der Waals surface area contributed by atoms with Crippen molar-refractivity contribution in [1.82, 2.24) is 20.2 Å². The number of piperazine rings is 1. The van der Waals surface area contributed by atoms with Crippen LogP contribution in [0.2, 0.25) is 10.0 Å². The smallest absolute Gasteiger partial charge is 0.319 e. The molecule has 1 aliphatic carbocycles. The van der Waals surface area contributed by atoms with E-state index in [4.69, 9.17) is 37.7 Å². The molecule has 5 aliphatic rings. The standard InChI is InChI=1S/C32H36Cl2FN5O2/c33-25-4-1-3-23(27(25)18-5-6-18)28-26(34)13-24-30(29(28)35)37-32(38-31(24)39-14-19-7-8-20(15-39)36-19)42-12-2-11-40-21-9-10-22(40)17-41-16-21/h1,3-4,13,18-22,36H,2,5-12,14-17H2. The van der Waals surface area contributed by atoms with Crippen LogP contribution in [0.4, 0.5) is 10.2 Å². The van der Waals surface area contributed by atoms with Gasteiger partial charge in [-0.25, -0.2) is 4.39 Å². The minimum atomic E-state index is -0.446. The van der Waals surface area contributed by atoms with Gasteiger partial charge in [0.1, 0.15) is 11.3 Å². The van der Waals surface area contributed by atoms with Crippen LogP contribution in [0.1, 0.15) is 56.4 Å². The molecule has 4 unspecified atom stereocenters. The first-order valence-corrected chi connectivity index (χ1v) is 16.2. The summed E-state index contributed by atoms with van der Waals surface area (Å²) in [6.07, 6.45) is 7.62. The van der Waals surface area contributed by atoms with E-state index in [0.717, 1.165) is 76.1 Å². The number of nitrogens with one attached hydrogen (secondary N) is 1. The van der Waals surface area contributed by atoms with Crippen molar-refractivity contribution in [3.05, 3.63) is 45.7 Å². The fourth-order valence-electron chi connectivity index (χ4n) is 7.71. The number of rotatable bonds is 8. The molecule has 4 saturated heterocycles. The van der Waals surface area contributed by atoms with Gasteiger partial charge < -0.3 is 19.7 Å². The SMILES string of the molecule is Fc1c(-c2cccc(Cl)c2C2CC2)c(Cl)cc2c(N3CC4CCC(C3)N4)nc(OCCCN3C4CCC3COC4)nc12. The van der Waals surface area contributed by atoms with Crippen molar-refractivity contribution in [3.63, 3.8) is 0 Å². The van der Waals surface area contributed by atoms with Crippen molar-refractivity contribution >= 4 is 39.9 Å². The molecule has 42 heavy (non-hydrogen) atoms. The third-order valence-electron chi connectivity index (χ3n) is 9.85. The van der Waals surface area contributed by atoms with E-state index >= 15 is 4.39 Å². The number of aromatic nitrogens is 2. The number of hydrogen-bond acceptors (Lipinski definition) is 7. The van der Waals surface area contributed by atoms with E-state index in [1.165, 1.54) is 12.8 Å². The Morgan fingerprint density at radius 2 is 1.74 bits per heavy atom. The maximum absolute atomic E-state index is 16.7. The zero-order chi connectivity index (χ0) is 28.4. The van der Waals surface area contributed by atoms with Gasteiger partial charge >= 0.3 is 6.01 Å². The van der Waals surface area contributed by atoms with Crippen molar-refractivity contribution in [2.45, 2.75) is 75.0 Å². The number of anilines is 1. The Morgan fingerprint density at radius 3 is 2.48 bits per heavy atom. The van der Waals surface area contributed by atoms with E-state index in [1.807, 2.05) is 24.3 Å². The fraction of sp³-hybridized carbons (Fsp3) is 0.562. The zero-order valence-corrected chi connectivity index (χ0v) is 25.1. The van der Waals surface area contributed by atoms with Gasteiger partial charge in [-0.05, 0) is 74.1 Å². The number of morpholine rings is 1. The molecule has 4 atom stereocenters. The largest absolute Gasteiger partial charge is 0.463 e. The van der Waals surface area contributed by atoms with Crippen molar-refractivity contribution in [1.29, 1.82) is 0 Å². The molecule has 10 heteroatoms. The van der Waals surface area contributed by atoms with Gasteiger partial charge in [-0.2, -0.15) is 9.97 Å². The van der Waals surface area contributed by atoms with Gasteiger partial charge in [-0.15, -0.1) is 0 Å². The van der Waals surface area contributed by atoms with Crippen LogP contribution in [0.5, 0.6) is 6.01 Å². The third-order valence-corrected chi connectivity index (χ3v) is 10.5. The molecular formula is C32H36Cl2FN5O2. The van der Waals surface area contributed by atoms with Crippen LogP contribution in [0.25, 0.3) is 22.0 Å². The Bertz CT molecular complexity index is 1490. The highest BCUT2D eigenvalue weighted by Gasteiger charge is 2.37. The number of nitrogens with zero attached hydrogens (tertiary/aromatic N) is 4. The molecule has 3 aromatic rings. The number of halogens is 3. The molecule has 0 amide bonds. The molecule has 1 N–H and O–H groups in total. The predicted molar refractivity (Wildman–Crippen MR) is 164 cm³/mol. The van der Waals surface area contributed by atoms with E-state index in [9.17, 15) is 0 Å². The van der Waals surface area contributed by atoms with E-state index < -0.39 is 5.82 Å². The molecule has 4 aliphatic heterocycles. The summed E-state index contributed by atoms with van der Waals surface area (Å²) < 4.78 is 28.6. The molecule has 2 aromatic carbocycles. The summed E-state index contributed by atoms with van der Waals surface area (Å²) in [7, 11) is 0. The summed E-state index contributed by atoms with van der Waals surface area (Å²) in [6, 6.07) is 9.53. The second kappa shape index (κ2) is 11.0. The molecule has 8 rings (SSSR count). The third kappa shape index (κ3) is 4.93. The Kier molecular flexibility index (Phi) is 7.19. The topological polar surface area (TPSA) is 62.8 Å². The monoisotopic (exact) mass is 611 g/mol. The molecular weight excluding hydrogens is 576 g/mol. The van der Waals surface area contributed by atoms with Crippen molar-refractivity contribution < 1.29 is 13.9 Å². The molecule has 222 valence electrons. The summed E-state index contributed by atoms with van der Waals surface area (Å²) in [5.41, 5.74) is 2.32. The lowest BCUT2D eigenvalue weighted by Gasteiger charge is -2.34.